The van der Waals surface area contributed by atoms with Crippen molar-refractivity contribution in [1.82, 2.24) is 0 Å². The number of rotatable bonds is 3. The summed E-state index contributed by atoms with van der Waals surface area (Å²) in [6, 6.07) is 11.3. The summed E-state index contributed by atoms with van der Waals surface area (Å²) in [5, 5.41) is 0. The number of benzene rings is 2. The number of carbonyl (C=O) groups excluding carboxylic acids is 1. The van der Waals surface area contributed by atoms with Gasteiger partial charge in [0, 0.05) is 4.47 Å². The standard InChI is InChI=1S/C15H13BrO2/c1-10-4-3-5-11(2)15(10)18-14-8-13(16)7-6-12(14)9-17/h3-9H,1-2H3. The average molecular weight is 305 g/mol. The zero-order chi connectivity index (χ0) is 13.1. The summed E-state index contributed by atoms with van der Waals surface area (Å²) in [5.41, 5.74) is 2.64. The Kier molecular flexibility index (Phi) is 3.82. The molecule has 0 fully saturated rings. The molecule has 0 unspecified atom stereocenters. The summed E-state index contributed by atoms with van der Waals surface area (Å²) in [6.07, 6.45) is 0.801. The average Bonchev–Trinajstić information content (AvgIpc) is 2.34. The van der Waals surface area contributed by atoms with Crippen molar-refractivity contribution in [2.45, 2.75) is 13.8 Å². The molecule has 2 nitrogen and oxygen atoms in total. The van der Waals surface area contributed by atoms with E-state index >= 15 is 0 Å². The highest BCUT2D eigenvalue weighted by molar-refractivity contribution is 9.10. The molecule has 2 rings (SSSR count). The van der Waals surface area contributed by atoms with E-state index in [1.54, 1.807) is 12.1 Å². The van der Waals surface area contributed by atoms with Crippen molar-refractivity contribution < 1.29 is 9.53 Å². The lowest BCUT2D eigenvalue weighted by Gasteiger charge is -2.13. The van der Waals surface area contributed by atoms with Crippen LogP contribution in [0.5, 0.6) is 11.5 Å². The van der Waals surface area contributed by atoms with Gasteiger partial charge in [-0.3, -0.25) is 4.79 Å². The van der Waals surface area contributed by atoms with Crippen molar-refractivity contribution >= 4 is 22.2 Å². The first-order chi connectivity index (χ1) is 8.61. The molecule has 2 aromatic rings. The molecule has 0 N–H and O–H groups in total. The molecule has 0 aromatic heterocycles. The number of carbonyl (C=O) groups is 1. The van der Waals surface area contributed by atoms with Crippen LogP contribution in [0.15, 0.2) is 40.9 Å². The Balaban J connectivity index is 2.45. The molecule has 92 valence electrons. The monoisotopic (exact) mass is 304 g/mol. The predicted molar refractivity (Wildman–Crippen MR) is 75.5 cm³/mol. The van der Waals surface area contributed by atoms with E-state index in [9.17, 15) is 4.79 Å². The molecule has 0 saturated heterocycles. The number of para-hydroxylation sites is 1. The van der Waals surface area contributed by atoms with E-state index < -0.39 is 0 Å². The second-order valence-corrected chi connectivity index (χ2v) is 5.04. The fourth-order valence-corrected chi connectivity index (χ4v) is 2.10. The zero-order valence-electron chi connectivity index (χ0n) is 10.2. The van der Waals surface area contributed by atoms with E-state index in [0.29, 0.717) is 11.3 Å². The van der Waals surface area contributed by atoms with Gasteiger partial charge in [0.1, 0.15) is 11.5 Å². The van der Waals surface area contributed by atoms with Crippen LogP contribution in [-0.4, -0.2) is 6.29 Å². The summed E-state index contributed by atoms with van der Waals surface area (Å²) < 4.78 is 6.77. The van der Waals surface area contributed by atoms with E-state index in [2.05, 4.69) is 15.9 Å². The summed E-state index contributed by atoms with van der Waals surface area (Å²) in [4.78, 5) is 11.0. The van der Waals surface area contributed by atoms with Crippen LogP contribution >= 0.6 is 15.9 Å². The third kappa shape index (κ3) is 2.62. The van der Waals surface area contributed by atoms with Crippen molar-refractivity contribution in [3.05, 3.63) is 57.6 Å². The minimum Gasteiger partial charge on any atom is -0.456 e. The van der Waals surface area contributed by atoms with Crippen LogP contribution in [-0.2, 0) is 0 Å². The fourth-order valence-electron chi connectivity index (χ4n) is 1.76. The lowest BCUT2D eigenvalue weighted by Crippen LogP contribution is -1.94. The van der Waals surface area contributed by atoms with E-state index in [1.807, 2.05) is 38.1 Å². The quantitative estimate of drug-likeness (QED) is 0.770. The van der Waals surface area contributed by atoms with Crippen LogP contribution in [0.2, 0.25) is 0 Å². The molecule has 0 heterocycles. The lowest BCUT2D eigenvalue weighted by atomic mass is 10.1. The van der Waals surface area contributed by atoms with Gasteiger partial charge >= 0.3 is 0 Å². The van der Waals surface area contributed by atoms with Crippen LogP contribution in [0.1, 0.15) is 21.5 Å². The van der Waals surface area contributed by atoms with Gasteiger partial charge in [0.15, 0.2) is 6.29 Å². The van der Waals surface area contributed by atoms with Gasteiger partial charge in [-0.25, -0.2) is 0 Å². The van der Waals surface area contributed by atoms with Crippen LogP contribution in [0.4, 0.5) is 0 Å². The van der Waals surface area contributed by atoms with Crippen LogP contribution in [0, 0.1) is 13.8 Å². The molecule has 0 atom stereocenters. The molecule has 3 heteroatoms. The summed E-state index contributed by atoms with van der Waals surface area (Å²) >= 11 is 3.38. The maximum absolute atomic E-state index is 11.0. The van der Waals surface area contributed by atoms with Gasteiger partial charge < -0.3 is 4.74 Å². The molecular weight excluding hydrogens is 292 g/mol. The predicted octanol–water partition coefficient (Wildman–Crippen LogP) is 4.67. The fraction of sp³-hybridized carbons (Fsp3) is 0.133. The van der Waals surface area contributed by atoms with Crippen LogP contribution in [0.3, 0.4) is 0 Å². The Morgan fingerprint density at radius 2 is 1.78 bits per heavy atom. The van der Waals surface area contributed by atoms with Crippen molar-refractivity contribution in [1.29, 1.82) is 0 Å². The minimum atomic E-state index is 0.542. The highest BCUT2D eigenvalue weighted by Crippen LogP contribution is 2.31. The Morgan fingerprint density at radius 3 is 2.39 bits per heavy atom. The molecule has 0 aliphatic rings. The molecule has 0 amide bonds. The zero-order valence-corrected chi connectivity index (χ0v) is 11.8. The van der Waals surface area contributed by atoms with Crippen molar-refractivity contribution in [2.24, 2.45) is 0 Å². The van der Waals surface area contributed by atoms with E-state index in [1.165, 1.54) is 0 Å². The molecular formula is C15H13BrO2. The minimum absolute atomic E-state index is 0.542. The molecule has 0 bridgehead atoms. The SMILES string of the molecule is Cc1cccc(C)c1Oc1cc(Br)ccc1C=O. The number of hydrogen-bond acceptors (Lipinski definition) is 2. The van der Waals surface area contributed by atoms with Gasteiger partial charge in [-0.1, -0.05) is 34.1 Å². The molecule has 0 saturated carbocycles. The Labute approximate surface area is 115 Å². The third-order valence-electron chi connectivity index (χ3n) is 2.72. The number of halogens is 1. The van der Waals surface area contributed by atoms with Crippen molar-refractivity contribution in [2.75, 3.05) is 0 Å². The van der Waals surface area contributed by atoms with Gasteiger partial charge in [0.05, 0.1) is 5.56 Å². The smallest absolute Gasteiger partial charge is 0.153 e. The van der Waals surface area contributed by atoms with E-state index in [-0.39, 0.29) is 0 Å². The molecule has 2 aromatic carbocycles. The number of aryl methyl sites for hydroxylation is 2. The maximum Gasteiger partial charge on any atom is 0.153 e. The normalized spacial score (nSPS) is 10.2. The van der Waals surface area contributed by atoms with Gasteiger partial charge in [-0.15, -0.1) is 0 Å². The van der Waals surface area contributed by atoms with Crippen LogP contribution in [0.25, 0.3) is 0 Å². The molecule has 18 heavy (non-hydrogen) atoms. The molecule has 0 aliphatic carbocycles. The first kappa shape index (κ1) is 12.8. The topological polar surface area (TPSA) is 26.3 Å². The second-order valence-electron chi connectivity index (χ2n) is 4.12. The highest BCUT2D eigenvalue weighted by Gasteiger charge is 2.09. The third-order valence-corrected chi connectivity index (χ3v) is 3.22. The summed E-state index contributed by atoms with van der Waals surface area (Å²) in [7, 11) is 0. The Bertz CT molecular complexity index is 571. The number of aldehydes is 1. The van der Waals surface area contributed by atoms with Crippen molar-refractivity contribution in [3.8, 4) is 11.5 Å². The van der Waals surface area contributed by atoms with Crippen LogP contribution < -0.4 is 4.74 Å². The number of ether oxygens (including phenoxy) is 1. The van der Waals surface area contributed by atoms with Gasteiger partial charge in [-0.2, -0.15) is 0 Å². The summed E-state index contributed by atoms with van der Waals surface area (Å²) in [5.74, 6) is 1.37. The Morgan fingerprint density at radius 1 is 1.11 bits per heavy atom. The van der Waals surface area contributed by atoms with Gasteiger partial charge in [0.25, 0.3) is 0 Å². The molecule has 0 aliphatic heterocycles. The summed E-state index contributed by atoms with van der Waals surface area (Å²) in [6.45, 7) is 3.97. The second kappa shape index (κ2) is 5.36. The lowest BCUT2D eigenvalue weighted by molar-refractivity contribution is 0.112. The number of hydrogen-bond donors (Lipinski definition) is 0. The largest absolute Gasteiger partial charge is 0.456 e. The molecule has 0 spiro atoms. The highest BCUT2D eigenvalue weighted by atomic mass is 79.9. The van der Waals surface area contributed by atoms with E-state index in [0.717, 1.165) is 27.6 Å². The first-order valence-corrected chi connectivity index (χ1v) is 6.40. The Hall–Kier alpha value is -1.61. The molecule has 0 radical (unpaired) electrons. The van der Waals surface area contributed by atoms with Gasteiger partial charge in [-0.05, 0) is 43.2 Å². The van der Waals surface area contributed by atoms with Gasteiger partial charge in [0.2, 0.25) is 0 Å². The van der Waals surface area contributed by atoms with E-state index in [4.69, 9.17) is 4.74 Å². The maximum atomic E-state index is 11.0. The first-order valence-electron chi connectivity index (χ1n) is 5.60. The van der Waals surface area contributed by atoms with Crippen molar-refractivity contribution in [3.63, 3.8) is 0 Å².